The van der Waals surface area contributed by atoms with Crippen LogP contribution in [0.4, 0.5) is 0 Å². The number of rotatable bonds is 35. The van der Waals surface area contributed by atoms with Gasteiger partial charge in [0.15, 0.2) is 6.10 Å². The Bertz CT molecular complexity index is 2890. The average molecular weight is 1330 g/mol. The summed E-state index contributed by atoms with van der Waals surface area (Å²) in [5, 5.41) is 17.2. The first kappa shape index (κ1) is 76.2. The molecule has 0 bridgehead atoms. The Hall–Kier alpha value is -7.56. The third-order valence-corrected chi connectivity index (χ3v) is 15.6. The highest BCUT2D eigenvalue weighted by atomic mass is 35.5. The lowest BCUT2D eigenvalue weighted by molar-refractivity contribution is -0.197. The average Bonchev–Trinajstić information content (AvgIpc) is 1.66. The minimum absolute atomic E-state index is 0.00369. The van der Waals surface area contributed by atoms with E-state index in [0.29, 0.717) is 60.0 Å². The molecule has 2 fully saturated rings. The second kappa shape index (κ2) is 38.6. The maximum absolute atomic E-state index is 14.1. The Morgan fingerprint density at radius 2 is 1.42 bits per heavy atom. The van der Waals surface area contributed by atoms with E-state index in [1.807, 2.05) is 32.9 Å². The first-order valence-corrected chi connectivity index (χ1v) is 31.8. The van der Waals surface area contributed by atoms with Crippen molar-refractivity contribution < 1.29 is 95.5 Å². The van der Waals surface area contributed by atoms with E-state index in [2.05, 4.69) is 31.9 Å². The number of methoxy groups -OCH3 is 2. The lowest BCUT2D eigenvalue weighted by Gasteiger charge is -2.29. The number of imide groups is 1. The molecule has 3 aliphatic rings. The fourth-order valence-electron chi connectivity index (χ4n) is 9.78. The van der Waals surface area contributed by atoms with Crippen molar-refractivity contribution in [3.63, 3.8) is 0 Å². The maximum atomic E-state index is 14.1. The number of epoxide rings is 1. The molecule has 28 heteroatoms. The van der Waals surface area contributed by atoms with Crippen LogP contribution in [0, 0.1) is 23.2 Å². The third kappa shape index (κ3) is 26.0. The van der Waals surface area contributed by atoms with Gasteiger partial charge in [0.05, 0.1) is 69.9 Å². The summed E-state index contributed by atoms with van der Waals surface area (Å²) in [4.78, 5) is 150. The number of hydrogen-bond acceptors (Lipinski definition) is 20. The number of nitrogens with one attached hydrogen (secondary N) is 6. The van der Waals surface area contributed by atoms with Crippen molar-refractivity contribution in [1.29, 1.82) is 0 Å². The number of benzene rings is 2. The molecule has 3 heterocycles. The van der Waals surface area contributed by atoms with Crippen LogP contribution in [0.15, 0.2) is 54.6 Å². The summed E-state index contributed by atoms with van der Waals surface area (Å²) < 4.78 is 44.8. The monoisotopic (exact) mass is 1330 g/mol. The van der Waals surface area contributed by atoms with E-state index in [4.69, 9.17) is 54.3 Å². The van der Waals surface area contributed by atoms with Crippen LogP contribution >= 0.6 is 11.6 Å². The molecule has 8 amide bonds. The summed E-state index contributed by atoms with van der Waals surface area (Å²) in [7, 11) is 3.06. The van der Waals surface area contributed by atoms with Gasteiger partial charge in [0.2, 0.25) is 35.4 Å². The van der Waals surface area contributed by atoms with Crippen LogP contribution in [0.1, 0.15) is 129 Å². The minimum atomic E-state index is -1.31. The first-order chi connectivity index (χ1) is 44.3. The number of carbonyl (C=O) groups is 11. The molecule has 0 aromatic heterocycles. The zero-order chi connectivity index (χ0) is 68.2. The molecule has 27 nitrogen and oxygen atoms in total. The van der Waals surface area contributed by atoms with Crippen molar-refractivity contribution in [1.82, 2.24) is 37.0 Å². The van der Waals surface area contributed by atoms with Crippen LogP contribution in [-0.2, 0) is 104 Å². The van der Waals surface area contributed by atoms with Crippen molar-refractivity contribution in [3.8, 4) is 5.75 Å². The number of halogens is 1. The molecule has 8 atom stereocenters. The number of amides is 8. The zero-order valence-corrected chi connectivity index (χ0v) is 55.4. The molecule has 2 saturated heterocycles. The van der Waals surface area contributed by atoms with Gasteiger partial charge in [-0.1, -0.05) is 82.6 Å². The molecule has 5 rings (SSSR count). The minimum Gasteiger partial charge on any atom is -0.495 e. The Morgan fingerprint density at radius 1 is 0.763 bits per heavy atom. The fraction of sp³-hybridized carbons (Fsp3) is 0.615. The number of hydrogen-bond donors (Lipinski definition) is 6. The Kier molecular flexibility index (Phi) is 31.6. The molecule has 93 heavy (non-hydrogen) atoms. The lowest BCUT2D eigenvalue weighted by atomic mass is 9.92. The van der Waals surface area contributed by atoms with Gasteiger partial charge in [0, 0.05) is 77.6 Å². The summed E-state index contributed by atoms with van der Waals surface area (Å²) in [5.41, 5.74) is 0.740. The predicted molar refractivity (Wildman–Crippen MR) is 335 cm³/mol. The highest BCUT2D eigenvalue weighted by molar-refractivity contribution is 6.32. The number of ether oxygens (including phenoxy) is 8. The Morgan fingerprint density at radius 3 is 2.05 bits per heavy atom. The zero-order valence-electron chi connectivity index (χ0n) is 54.6. The van der Waals surface area contributed by atoms with Crippen LogP contribution in [0.25, 0.3) is 0 Å². The highest BCUT2D eigenvalue weighted by Gasteiger charge is 2.48. The Balaban J connectivity index is 1.23. The van der Waals surface area contributed by atoms with Gasteiger partial charge < -0.3 is 74.6 Å². The van der Waals surface area contributed by atoms with Gasteiger partial charge in [-0.15, -0.1) is 5.06 Å². The van der Waals surface area contributed by atoms with E-state index in [0.717, 1.165) is 5.56 Å². The molecule has 0 unspecified atom stereocenters. The molecular weight excluding hydrogens is 1230 g/mol. The molecule has 514 valence electrons. The molecule has 2 aromatic carbocycles. The summed E-state index contributed by atoms with van der Waals surface area (Å²) in [6.07, 6.45) is -1.08. The largest absolute Gasteiger partial charge is 0.495 e. The van der Waals surface area contributed by atoms with E-state index in [1.165, 1.54) is 19.3 Å². The summed E-state index contributed by atoms with van der Waals surface area (Å²) >= 11 is 6.40. The number of cyclic esters (lactones) is 2. The topological polar surface area (TPSA) is 350 Å². The highest BCUT2D eigenvalue weighted by Crippen LogP contribution is 2.45. The van der Waals surface area contributed by atoms with Crippen LogP contribution in [0.3, 0.4) is 0 Å². The summed E-state index contributed by atoms with van der Waals surface area (Å²) in [5.74, 6) is -7.82. The van der Waals surface area contributed by atoms with E-state index >= 15 is 0 Å². The van der Waals surface area contributed by atoms with E-state index < -0.39 is 125 Å². The molecule has 3 aliphatic heterocycles. The third-order valence-electron chi connectivity index (χ3n) is 15.3. The molecule has 2 aromatic rings. The van der Waals surface area contributed by atoms with Gasteiger partial charge in [0.1, 0.15) is 36.1 Å². The van der Waals surface area contributed by atoms with Crippen molar-refractivity contribution in [2.45, 2.75) is 162 Å². The van der Waals surface area contributed by atoms with E-state index in [-0.39, 0.29) is 103 Å². The second-order valence-corrected chi connectivity index (χ2v) is 24.7. The Labute approximate surface area is 547 Å². The van der Waals surface area contributed by atoms with Gasteiger partial charge in [0.25, 0.3) is 11.8 Å². The molecule has 0 radical (unpaired) electrons. The standard InChI is InChI=1S/C65H92ClN7O20/c1-39(2)34-50-63(83)90-48(12-10-13-52(75)70-47(36-43-18-22-49(86-9)45(66)35-43)61(81)69-38-65(6,7)64(84)91-50)41(5)58-59(92-58)44-19-16-42(17-20-44)37-68-60(80)46(21-23-51(74)67-26-27-87-30-31-89-33-32-88-29-28-85-8)71-62(82)57(40(3)4)72-53(76)14-11-15-56(79)93-73-54(77)24-25-55(73)78/h10,13,16-20,22,35,39-41,46-48,50,57-59H,11-12,14-15,21,23-34,36-38H2,1-9H3,(H,67,74)(H,68,80)(H,69,81)(H,70,75)(H,71,82)(H,72,76)/b13-10-/t41-,46-,47+,48-,50-,57-,58+,59+/m0/s1. The van der Waals surface area contributed by atoms with Crippen molar-refractivity contribution in [2.75, 3.05) is 73.6 Å². The smallest absolute Gasteiger partial charge is 0.347 e. The molecule has 6 N–H and O–H groups in total. The van der Waals surface area contributed by atoms with Gasteiger partial charge in [-0.3, -0.25) is 43.2 Å². The van der Waals surface area contributed by atoms with Gasteiger partial charge in [-0.05, 0) is 79.8 Å². The molecule has 0 spiro atoms. The predicted octanol–water partition coefficient (Wildman–Crippen LogP) is 3.74. The number of esters is 2. The van der Waals surface area contributed by atoms with Crippen LogP contribution < -0.4 is 36.6 Å². The molecule has 0 saturated carbocycles. The lowest BCUT2D eigenvalue weighted by Crippen LogP contribution is -2.55. The second-order valence-electron chi connectivity index (χ2n) is 24.3. The number of nitrogens with zero attached hydrogens (tertiary/aromatic N) is 1. The quantitative estimate of drug-likeness (QED) is 0.0248. The fourth-order valence-corrected chi connectivity index (χ4v) is 10.1. The van der Waals surface area contributed by atoms with Gasteiger partial charge in [-0.25, -0.2) is 9.59 Å². The summed E-state index contributed by atoms with van der Waals surface area (Å²) in [6, 6.07) is 8.71. The number of hydroxylamine groups is 2. The van der Waals surface area contributed by atoms with Crippen LogP contribution in [-0.4, -0.2) is 180 Å². The van der Waals surface area contributed by atoms with E-state index in [9.17, 15) is 52.7 Å². The van der Waals surface area contributed by atoms with Crippen LogP contribution in [0.2, 0.25) is 5.02 Å². The van der Waals surface area contributed by atoms with Crippen LogP contribution in [0.5, 0.6) is 5.75 Å². The maximum Gasteiger partial charge on any atom is 0.347 e. The SMILES string of the molecule is COCCOCCOCCOCCNC(=O)CC[C@H](NC(=O)[C@@H](NC(=O)CCCC(=O)ON1C(=O)CCC1=O)C(C)C)C(=O)NCc1ccc([C@H]2O[C@@H]2[C@@H](C)[C@@H]2C/C=C\C(=O)N[C@H](Cc3ccc(OC)c(Cl)c3)C(=O)NCC(C)(C)C(=O)O[C@@H](CC(C)C)C(=O)O2)cc1. The van der Waals surface area contributed by atoms with Gasteiger partial charge >= 0.3 is 17.9 Å². The van der Waals surface area contributed by atoms with Crippen molar-refractivity contribution in [3.05, 3.63) is 76.3 Å². The van der Waals surface area contributed by atoms with E-state index in [1.54, 1.807) is 65.1 Å². The summed E-state index contributed by atoms with van der Waals surface area (Å²) in [6.45, 7) is 14.6. The van der Waals surface area contributed by atoms with Gasteiger partial charge in [-0.2, -0.15) is 0 Å². The van der Waals surface area contributed by atoms with Crippen molar-refractivity contribution >= 4 is 76.8 Å². The normalized spacial score (nSPS) is 20.7. The molecule has 0 aliphatic carbocycles. The first-order valence-electron chi connectivity index (χ1n) is 31.5. The number of carbonyl (C=O) groups excluding carboxylic acids is 11. The molecular formula is C65H92ClN7O20. The van der Waals surface area contributed by atoms with Crippen molar-refractivity contribution in [2.24, 2.45) is 23.2 Å².